The van der Waals surface area contributed by atoms with Crippen molar-refractivity contribution in [3.63, 3.8) is 0 Å². The molecule has 0 aromatic rings. The van der Waals surface area contributed by atoms with Gasteiger partial charge in [-0.15, -0.1) is 0 Å². The Kier molecular flexibility index (Phi) is 18.0. The predicted molar refractivity (Wildman–Crippen MR) is 104 cm³/mol. The average molecular weight is 345 g/mol. The van der Waals surface area contributed by atoms with Crippen molar-refractivity contribution in [3.05, 3.63) is 0 Å². The fourth-order valence-corrected chi connectivity index (χ4v) is 2.84. The second-order valence-corrected chi connectivity index (χ2v) is 7.57. The Labute approximate surface area is 150 Å². The van der Waals surface area contributed by atoms with Gasteiger partial charge in [-0.25, -0.2) is 0 Å². The summed E-state index contributed by atoms with van der Waals surface area (Å²) in [6, 6.07) is 0. The van der Waals surface area contributed by atoms with Gasteiger partial charge < -0.3 is 4.74 Å². The van der Waals surface area contributed by atoms with Crippen molar-refractivity contribution in [3.8, 4) is 0 Å². The third kappa shape index (κ3) is 18.0. The minimum atomic E-state index is -0.300. The molecule has 1 unspecified atom stereocenters. The van der Waals surface area contributed by atoms with Crippen molar-refractivity contribution in [2.45, 2.75) is 115 Å². The molecule has 2 nitrogen and oxygen atoms in total. The summed E-state index contributed by atoms with van der Waals surface area (Å²) >= 11 is 4.05. The first kappa shape index (κ1) is 22.8. The molecule has 23 heavy (non-hydrogen) atoms. The van der Waals surface area contributed by atoms with Crippen LogP contribution in [0.5, 0.6) is 0 Å². The lowest BCUT2D eigenvalue weighted by Crippen LogP contribution is -2.15. The first-order chi connectivity index (χ1) is 11.2. The lowest BCUT2D eigenvalue weighted by Gasteiger charge is -2.06. The van der Waals surface area contributed by atoms with Gasteiger partial charge in [0, 0.05) is 0 Å². The number of rotatable bonds is 17. The molecular formula is C20H40O2S. The Bertz CT molecular complexity index is 254. The third-order valence-electron chi connectivity index (χ3n) is 4.33. The van der Waals surface area contributed by atoms with Crippen LogP contribution in [0.25, 0.3) is 0 Å². The summed E-state index contributed by atoms with van der Waals surface area (Å²) < 4.78 is 5.10. The van der Waals surface area contributed by atoms with Crippen LogP contribution in [0.2, 0.25) is 0 Å². The van der Waals surface area contributed by atoms with Crippen molar-refractivity contribution < 1.29 is 9.53 Å². The molecule has 0 N–H and O–H groups in total. The molecule has 0 heterocycles. The van der Waals surface area contributed by atoms with E-state index in [4.69, 9.17) is 4.74 Å². The topological polar surface area (TPSA) is 26.3 Å². The summed E-state index contributed by atoms with van der Waals surface area (Å²) in [5.41, 5.74) is 0. The van der Waals surface area contributed by atoms with Crippen LogP contribution in [-0.2, 0) is 9.53 Å². The molecule has 0 bridgehead atoms. The van der Waals surface area contributed by atoms with Gasteiger partial charge in [0.25, 0.3) is 0 Å². The zero-order valence-corrected chi connectivity index (χ0v) is 16.5. The smallest absolute Gasteiger partial charge is 0.318 e. The van der Waals surface area contributed by atoms with E-state index in [1.54, 1.807) is 6.92 Å². The lowest BCUT2D eigenvalue weighted by molar-refractivity contribution is -0.142. The summed E-state index contributed by atoms with van der Waals surface area (Å²) in [4.78, 5) is 11.2. The maximum absolute atomic E-state index is 11.2. The van der Waals surface area contributed by atoms with Gasteiger partial charge in [-0.2, -0.15) is 12.6 Å². The first-order valence-corrected chi connectivity index (χ1v) is 10.5. The minimum Gasteiger partial charge on any atom is -0.465 e. The van der Waals surface area contributed by atoms with Crippen molar-refractivity contribution in [1.29, 1.82) is 0 Å². The van der Waals surface area contributed by atoms with Gasteiger partial charge in [0.2, 0.25) is 0 Å². The molecule has 138 valence electrons. The Balaban J connectivity index is 3.04. The van der Waals surface area contributed by atoms with E-state index in [1.807, 2.05) is 0 Å². The summed E-state index contributed by atoms with van der Waals surface area (Å²) in [5.74, 6) is -0.196. The molecule has 0 aromatic heterocycles. The number of carbonyl (C=O) groups excluding carboxylic acids is 1. The van der Waals surface area contributed by atoms with E-state index in [2.05, 4.69) is 19.6 Å². The van der Waals surface area contributed by atoms with Gasteiger partial charge in [-0.05, 0) is 13.3 Å². The van der Waals surface area contributed by atoms with E-state index in [0.29, 0.717) is 6.61 Å². The molecule has 0 aliphatic heterocycles. The van der Waals surface area contributed by atoms with Crippen LogP contribution in [0.1, 0.15) is 110 Å². The molecular weight excluding hydrogens is 304 g/mol. The van der Waals surface area contributed by atoms with Gasteiger partial charge in [-0.1, -0.05) is 96.8 Å². The fraction of sp³-hybridized carbons (Fsp3) is 0.950. The monoisotopic (exact) mass is 344 g/mol. The zero-order chi connectivity index (χ0) is 17.2. The van der Waals surface area contributed by atoms with Crippen molar-refractivity contribution >= 4 is 18.6 Å². The molecule has 0 aromatic carbocycles. The zero-order valence-electron chi connectivity index (χ0n) is 15.7. The highest BCUT2D eigenvalue weighted by Crippen LogP contribution is 2.13. The van der Waals surface area contributed by atoms with Crippen LogP contribution in [0.4, 0.5) is 0 Å². The average Bonchev–Trinajstić information content (AvgIpc) is 2.54. The number of ether oxygens (including phenoxy) is 1. The van der Waals surface area contributed by atoms with E-state index in [9.17, 15) is 4.79 Å². The van der Waals surface area contributed by atoms with Crippen LogP contribution in [0.3, 0.4) is 0 Å². The van der Waals surface area contributed by atoms with E-state index in [0.717, 1.165) is 6.42 Å². The second-order valence-electron chi connectivity index (χ2n) is 6.79. The molecule has 3 heteroatoms. The number of hydrogen-bond donors (Lipinski definition) is 1. The molecule has 0 saturated carbocycles. The van der Waals surface area contributed by atoms with E-state index >= 15 is 0 Å². The maximum Gasteiger partial charge on any atom is 0.318 e. The highest BCUT2D eigenvalue weighted by Gasteiger charge is 2.07. The molecule has 0 spiro atoms. The third-order valence-corrected chi connectivity index (χ3v) is 4.54. The van der Waals surface area contributed by atoms with Crippen molar-refractivity contribution in [1.82, 2.24) is 0 Å². The number of carbonyl (C=O) groups is 1. The summed E-state index contributed by atoms with van der Waals surface area (Å²) in [6.45, 7) is 4.58. The predicted octanol–water partition coefficient (Wildman–Crippen LogP) is 6.72. The molecule has 0 aliphatic carbocycles. The Hall–Kier alpha value is -0.180. The van der Waals surface area contributed by atoms with Crippen LogP contribution in [0, 0.1) is 0 Å². The standard InChI is InChI=1S/C20H40O2S/c1-3-4-5-6-7-8-9-10-11-12-13-14-15-16-17-18-22-20(21)19(2)23/h19,23H,3-18H2,1-2H3. The van der Waals surface area contributed by atoms with Gasteiger partial charge in [0.05, 0.1) is 11.9 Å². The van der Waals surface area contributed by atoms with E-state index < -0.39 is 0 Å². The Morgan fingerprint density at radius 1 is 0.739 bits per heavy atom. The molecule has 0 amide bonds. The summed E-state index contributed by atoms with van der Waals surface area (Å²) in [7, 11) is 0. The van der Waals surface area contributed by atoms with E-state index in [1.165, 1.54) is 89.9 Å². The van der Waals surface area contributed by atoms with Gasteiger partial charge in [-0.3, -0.25) is 4.79 Å². The van der Waals surface area contributed by atoms with Gasteiger partial charge in [0.1, 0.15) is 0 Å². The van der Waals surface area contributed by atoms with Crippen LogP contribution >= 0.6 is 12.6 Å². The number of esters is 1. The van der Waals surface area contributed by atoms with Crippen molar-refractivity contribution in [2.24, 2.45) is 0 Å². The number of thiol groups is 1. The first-order valence-electron chi connectivity index (χ1n) is 10.0. The van der Waals surface area contributed by atoms with Crippen LogP contribution in [-0.4, -0.2) is 17.8 Å². The van der Waals surface area contributed by atoms with Crippen molar-refractivity contribution in [2.75, 3.05) is 6.61 Å². The highest BCUT2D eigenvalue weighted by atomic mass is 32.1. The van der Waals surface area contributed by atoms with Gasteiger partial charge in [0.15, 0.2) is 0 Å². The molecule has 0 rings (SSSR count). The number of unbranched alkanes of at least 4 members (excludes halogenated alkanes) is 14. The molecule has 0 aliphatic rings. The highest BCUT2D eigenvalue weighted by molar-refractivity contribution is 7.81. The fourth-order valence-electron chi connectivity index (χ4n) is 2.77. The second kappa shape index (κ2) is 18.2. The minimum absolute atomic E-state index is 0.196. The SMILES string of the molecule is CCCCCCCCCCCCCCCCCOC(=O)C(C)S. The summed E-state index contributed by atoms with van der Waals surface area (Å²) in [5, 5.41) is -0.300. The number of hydrogen-bond acceptors (Lipinski definition) is 3. The molecule has 1 atom stereocenters. The van der Waals surface area contributed by atoms with E-state index in [-0.39, 0.29) is 11.2 Å². The van der Waals surface area contributed by atoms with Crippen LogP contribution in [0.15, 0.2) is 0 Å². The quantitative estimate of drug-likeness (QED) is 0.180. The Morgan fingerprint density at radius 2 is 1.09 bits per heavy atom. The molecule has 0 saturated heterocycles. The maximum atomic E-state index is 11.2. The molecule has 0 fully saturated rings. The summed E-state index contributed by atoms with van der Waals surface area (Å²) in [6.07, 6.45) is 20.3. The lowest BCUT2D eigenvalue weighted by atomic mass is 10.0. The van der Waals surface area contributed by atoms with Crippen LogP contribution < -0.4 is 0 Å². The largest absolute Gasteiger partial charge is 0.465 e. The normalized spacial score (nSPS) is 12.3. The van der Waals surface area contributed by atoms with Gasteiger partial charge >= 0.3 is 5.97 Å². The Morgan fingerprint density at radius 3 is 1.43 bits per heavy atom. The molecule has 0 radical (unpaired) electrons.